The first kappa shape index (κ1) is 25.2. The fraction of sp³-hybridized carbons (Fsp3) is 0.250. The van der Waals surface area contributed by atoms with Gasteiger partial charge in [-0.2, -0.15) is 22.8 Å². The molecule has 2 N–H and O–H groups in total. The molecule has 180 valence electrons. The Labute approximate surface area is 201 Å². The molecule has 1 atom stereocenters. The number of ether oxygens (including phenoxy) is 1. The van der Waals surface area contributed by atoms with Crippen LogP contribution in [0.3, 0.4) is 0 Å². The van der Waals surface area contributed by atoms with E-state index in [1.165, 1.54) is 18.0 Å². The van der Waals surface area contributed by atoms with Crippen molar-refractivity contribution < 1.29 is 27.5 Å². The zero-order chi connectivity index (χ0) is 25.0. The first-order chi connectivity index (χ1) is 16.0. The van der Waals surface area contributed by atoms with Crippen molar-refractivity contribution in [2.75, 3.05) is 19.0 Å². The van der Waals surface area contributed by atoms with Crippen LogP contribution in [0.1, 0.15) is 34.7 Å². The summed E-state index contributed by atoms with van der Waals surface area (Å²) in [6, 6.07) is 4.80. The third-order valence-corrected chi connectivity index (χ3v) is 4.84. The number of alkyl halides is 3. The molecule has 0 fully saturated rings. The molecule has 9 nitrogen and oxygen atoms in total. The Bertz CT molecular complexity index is 1200. The van der Waals surface area contributed by atoms with Gasteiger partial charge in [-0.15, -0.1) is 5.10 Å². The molecule has 0 bridgehead atoms. The second-order valence-electron chi connectivity index (χ2n) is 6.89. The number of esters is 1. The highest BCUT2D eigenvalue weighted by Gasteiger charge is 2.32. The van der Waals surface area contributed by atoms with Gasteiger partial charge in [-0.3, -0.25) is 9.59 Å². The number of aromatic nitrogens is 4. The van der Waals surface area contributed by atoms with E-state index in [-0.39, 0.29) is 28.9 Å². The highest BCUT2D eigenvalue weighted by molar-refractivity contribution is 6.31. The topological polar surface area (TPSA) is 111 Å². The number of amides is 1. The molecule has 0 saturated carbocycles. The second-order valence-corrected chi connectivity index (χ2v) is 7.76. The van der Waals surface area contributed by atoms with Crippen LogP contribution < -0.4 is 10.6 Å². The van der Waals surface area contributed by atoms with Gasteiger partial charge in [0, 0.05) is 16.8 Å². The van der Waals surface area contributed by atoms with E-state index in [9.17, 15) is 22.8 Å². The van der Waals surface area contributed by atoms with Crippen molar-refractivity contribution in [1.29, 1.82) is 0 Å². The second kappa shape index (κ2) is 10.3. The summed E-state index contributed by atoms with van der Waals surface area (Å²) in [5, 5.41) is 9.62. The summed E-state index contributed by atoms with van der Waals surface area (Å²) in [5.41, 5.74) is -1.34. The quantitative estimate of drug-likeness (QED) is 0.455. The molecule has 0 aliphatic carbocycles. The lowest BCUT2D eigenvalue weighted by Crippen LogP contribution is -2.29. The predicted octanol–water partition coefficient (Wildman–Crippen LogP) is 4.06. The Morgan fingerprint density at radius 3 is 2.53 bits per heavy atom. The van der Waals surface area contributed by atoms with E-state index in [1.54, 1.807) is 19.1 Å². The number of methoxy groups -OCH3 is 1. The number of benzene rings is 1. The molecular formula is C20H17Cl2F3N6O3. The molecule has 3 aromatic rings. The smallest absolute Gasteiger partial charge is 0.416 e. The molecule has 14 heteroatoms. The number of rotatable bonds is 7. The SMILES string of the molecule is COC(=O)CNc1nc(C(C)NC(=O)c2cc(Cl)cc(C(F)(F)F)c2)n(-c2ccc(Cl)cn2)n1. The lowest BCUT2D eigenvalue weighted by atomic mass is 10.1. The molecule has 2 aromatic heterocycles. The lowest BCUT2D eigenvalue weighted by Gasteiger charge is -2.15. The third-order valence-electron chi connectivity index (χ3n) is 4.40. The average molecular weight is 517 g/mol. The Morgan fingerprint density at radius 2 is 1.91 bits per heavy atom. The molecule has 0 aliphatic heterocycles. The maximum atomic E-state index is 13.1. The molecule has 1 aromatic carbocycles. The molecule has 0 aliphatic rings. The molecule has 0 spiro atoms. The van der Waals surface area contributed by atoms with Crippen LogP contribution in [-0.2, 0) is 15.7 Å². The third kappa shape index (κ3) is 6.14. The average Bonchev–Trinajstić information content (AvgIpc) is 3.21. The number of carbonyl (C=O) groups is 2. The monoisotopic (exact) mass is 516 g/mol. The molecule has 3 rings (SSSR count). The fourth-order valence-electron chi connectivity index (χ4n) is 2.79. The van der Waals surface area contributed by atoms with E-state index in [2.05, 4.69) is 30.4 Å². The molecule has 1 unspecified atom stereocenters. The highest BCUT2D eigenvalue weighted by Crippen LogP contribution is 2.32. The Morgan fingerprint density at radius 1 is 1.18 bits per heavy atom. The van der Waals surface area contributed by atoms with Crippen molar-refractivity contribution in [2.45, 2.75) is 19.1 Å². The Kier molecular flexibility index (Phi) is 7.62. The van der Waals surface area contributed by atoms with Crippen LogP contribution in [0.25, 0.3) is 5.82 Å². The lowest BCUT2D eigenvalue weighted by molar-refractivity contribution is -0.139. The number of carbonyl (C=O) groups excluding carboxylic acids is 2. The minimum atomic E-state index is -4.67. The molecule has 34 heavy (non-hydrogen) atoms. The van der Waals surface area contributed by atoms with Gasteiger partial charge in [0.1, 0.15) is 6.54 Å². The van der Waals surface area contributed by atoms with Crippen LogP contribution in [0.2, 0.25) is 10.0 Å². The number of anilines is 1. The zero-order valence-electron chi connectivity index (χ0n) is 17.7. The van der Waals surface area contributed by atoms with Gasteiger partial charge in [0.2, 0.25) is 5.95 Å². The van der Waals surface area contributed by atoms with E-state index in [1.807, 2.05) is 0 Å². The predicted molar refractivity (Wildman–Crippen MR) is 117 cm³/mol. The van der Waals surface area contributed by atoms with Crippen LogP contribution in [0.4, 0.5) is 19.1 Å². The first-order valence-electron chi connectivity index (χ1n) is 9.56. The number of hydrogen-bond acceptors (Lipinski definition) is 7. The van der Waals surface area contributed by atoms with E-state index in [0.29, 0.717) is 16.9 Å². The van der Waals surface area contributed by atoms with Crippen LogP contribution in [0.15, 0.2) is 36.5 Å². The molecule has 0 radical (unpaired) electrons. The standard InChI is InChI=1S/C20H17Cl2F3N6O3/c1-10(28-18(33)11-5-12(20(23,24)25)7-14(22)6-11)17-29-19(27-9-16(32)34-2)30-31(17)15-4-3-13(21)8-26-15/h3-8,10H,9H2,1-2H3,(H,27,30)(H,28,33). The summed E-state index contributed by atoms with van der Waals surface area (Å²) in [6.07, 6.45) is -3.30. The number of nitrogens with one attached hydrogen (secondary N) is 2. The van der Waals surface area contributed by atoms with Crippen molar-refractivity contribution in [2.24, 2.45) is 0 Å². The van der Waals surface area contributed by atoms with Gasteiger partial charge in [0.15, 0.2) is 11.6 Å². The summed E-state index contributed by atoms with van der Waals surface area (Å²) in [5.74, 6) is -0.885. The molecule has 0 saturated heterocycles. The molecular weight excluding hydrogens is 500 g/mol. The van der Waals surface area contributed by atoms with E-state index in [0.717, 1.165) is 12.1 Å². The van der Waals surface area contributed by atoms with Gasteiger partial charge in [-0.25, -0.2) is 4.98 Å². The summed E-state index contributed by atoms with van der Waals surface area (Å²) < 4.78 is 45.1. The van der Waals surface area contributed by atoms with Gasteiger partial charge in [0.05, 0.1) is 23.7 Å². The van der Waals surface area contributed by atoms with E-state index in [4.69, 9.17) is 23.2 Å². The maximum absolute atomic E-state index is 13.1. The van der Waals surface area contributed by atoms with Crippen molar-refractivity contribution in [1.82, 2.24) is 25.1 Å². The molecule has 1 amide bonds. The Balaban J connectivity index is 1.90. The van der Waals surface area contributed by atoms with Gasteiger partial charge in [-0.05, 0) is 37.3 Å². The van der Waals surface area contributed by atoms with Crippen molar-refractivity contribution >= 4 is 41.0 Å². The minimum absolute atomic E-state index is 0.0281. The zero-order valence-corrected chi connectivity index (χ0v) is 19.2. The van der Waals surface area contributed by atoms with Gasteiger partial charge in [-0.1, -0.05) is 23.2 Å². The minimum Gasteiger partial charge on any atom is -0.468 e. The Hall–Kier alpha value is -3.38. The van der Waals surface area contributed by atoms with Gasteiger partial charge >= 0.3 is 12.1 Å². The van der Waals surface area contributed by atoms with Gasteiger partial charge in [0.25, 0.3) is 5.91 Å². The fourth-order valence-corrected chi connectivity index (χ4v) is 3.14. The molecule has 2 heterocycles. The van der Waals surface area contributed by atoms with Crippen molar-refractivity contribution in [3.05, 3.63) is 63.5 Å². The van der Waals surface area contributed by atoms with Crippen LogP contribution in [-0.4, -0.2) is 45.3 Å². The maximum Gasteiger partial charge on any atom is 0.416 e. The normalized spacial score (nSPS) is 12.2. The van der Waals surface area contributed by atoms with Gasteiger partial charge < -0.3 is 15.4 Å². The summed E-state index contributed by atoms with van der Waals surface area (Å²) in [4.78, 5) is 32.6. The number of halogens is 5. The van der Waals surface area contributed by atoms with Crippen LogP contribution in [0.5, 0.6) is 0 Å². The van der Waals surface area contributed by atoms with Crippen LogP contribution in [0, 0.1) is 0 Å². The summed E-state index contributed by atoms with van der Waals surface area (Å²) in [6.45, 7) is 1.32. The number of pyridine rings is 1. The van der Waals surface area contributed by atoms with E-state index < -0.39 is 29.7 Å². The van der Waals surface area contributed by atoms with Crippen molar-refractivity contribution in [3.63, 3.8) is 0 Å². The summed E-state index contributed by atoms with van der Waals surface area (Å²) >= 11 is 11.7. The number of nitrogens with zero attached hydrogens (tertiary/aromatic N) is 4. The van der Waals surface area contributed by atoms with E-state index >= 15 is 0 Å². The summed E-state index contributed by atoms with van der Waals surface area (Å²) in [7, 11) is 1.22. The highest BCUT2D eigenvalue weighted by atomic mass is 35.5. The van der Waals surface area contributed by atoms with Crippen LogP contribution >= 0.6 is 23.2 Å². The first-order valence-corrected chi connectivity index (χ1v) is 10.3. The van der Waals surface area contributed by atoms with Crippen molar-refractivity contribution in [3.8, 4) is 5.82 Å². The largest absolute Gasteiger partial charge is 0.468 e. The number of hydrogen-bond donors (Lipinski definition) is 2.